The molecule has 0 heterocycles. The standard InChI is InChI=1S/C29H44O/c1-3-4-23-7-11-25(12-8-23)27-15-17-28(18-16-27)26-13-9-24(10-14-26)21-30-29-19-5-22(2)6-20-29/h5-7,11,19-20,23-28H,3-4,8-10,12-18,21H2,1-2H3. The molecule has 166 valence electrons. The fourth-order valence-electron chi connectivity index (χ4n) is 6.62. The molecule has 1 heteroatoms. The number of allylic oxidation sites excluding steroid dienone is 2. The molecule has 0 aromatic heterocycles. The molecular formula is C29H44O. The van der Waals surface area contributed by atoms with Gasteiger partial charge in [0.15, 0.2) is 0 Å². The van der Waals surface area contributed by atoms with Crippen molar-refractivity contribution in [3.8, 4) is 5.75 Å². The summed E-state index contributed by atoms with van der Waals surface area (Å²) in [7, 11) is 0. The van der Waals surface area contributed by atoms with Gasteiger partial charge in [0.2, 0.25) is 0 Å². The lowest BCUT2D eigenvalue weighted by molar-refractivity contribution is 0.113. The highest BCUT2D eigenvalue weighted by Crippen LogP contribution is 2.44. The Labute approximate surface area is 185 Å². The number of hydrogen-bond acceptors (Lipinski definition) is 1. The molecular weight excluding hydrogens is 364 g/mol. The van der Waals surface area contributed by atoms with Crippen LogP contribution in [0.1, 0.15) is 89.5 Å². The number of benzene rings is 1. The van der Waals surface area contributed by atoms with Crippen molar-refractivity contribution in [3.05, 3.63) is 42.0 Å². The summed E-state index contributed by atoms with van der Waals surface area (Å²) in [6.45, 7) is 5.37. The van der Waals surface area contributed by atoms with Crippen molar-refractivity contribution in [3.63, 3.8) is 0 Å². The van der Waals surface area contributed by atoms with Crippen LogP contribution in [0.25, 0.3) is 0 Å². The number of rotatable bonds is 7. The summed E-state index contributed by atoms with van der Waals surface area (Å²) < 4.78 is 6.08. The Balaban J connectivity index is 1.15. The van der Waals surface area contributed by atoms with Gasteiger partial charge < -0.3 is 4.74 Å². The molecule has 0 bridgehead atoms. The van der Waals surface area contributed by atoms with Crippen molar-refractivity contribution in [1.29, 1.82) is 0 Å². The Hall–Kier alpha value is -1.24. The van der Waals surface area contributed by atoms with Gasteiger partial charge in [-0.25, -0.2) is 0 Å². The van der Waals surface area contributed by atoms with E-state index in [1.807, 2.05) is 0 Å². The van der Waals surface area contributed by atoms with Gasteiger partial charge in [-0.05, 0) is 125 Å². The fourth-order valence-corrected chi connectivity index (χ4v) is 6.62. The number of aryl methyl sites for hydroxylation is 1. The van der Waals surface area contributed by atoms with Crippen molar-refractivity contribution < 1.29 is 4.74 Å². The van der Waals surface area contributed by atoms with Crippen molar-refractivity contribution >= 4 is 0 Å². The van der Waals surface area contributed by atoms with E-state index in [9.17, 15) is 0 Å². The molecule has 3 aliphatic rings. The van der Waals surface area contributed by atoms with E-state index in [4.69, 9.17) is 4.74 Å². The Kier molecular flexibility index (Phi) is 7.96. The quantitative estimate of drug-likeness (QED) is 0.412. The van der Waals surface area contributed by atoms with Crippen LogP contribution in [-0.4, -0.2) is 6.61 Å². The first-order valence-corrected chi connectivity index (χ1v) is 13.1. The molecule has 0 saturated heterocycles. The minimum atomic E-state index is 0.766. The predicted octanol–water partition coefficient (Wildman–Crippen LogP) is 8.37. The zero-order chi connectivity index (χ0) is 20.8. The zero-order valence-electron chi connectivity index (χ0n) is 19.5. The summed E-state index contributed by atoms with van der Waals surface area (Å²) in [4.78, 5) is 0. The number of ether oxygens (including phenoxy) is 1. The molecule has 4 rings (SSSR count). The lowest BCUT2D eigenvalue weighted by Gasteiger charge is -2.40. The summed E-state index contributed by atoms with van der Waals surface area (Å²) in [6, 6.07) is 8.53. The topological polar surface area (TPSA) is 9.23 Å². The first kappa shape index (κ1) is 22.0. The van der Waals surface area contributed by atoms with Gasteiger partial charge in [-0.15, -0.1) is 0 Å². The van der Waals surface area contributed by atoms with Crippen molar-refractivity contribution in [2.45, 2.75) is 90.9 Å². The summed E-state index contributed by atoms with van der Waals surface area (Å²) in [6.07, 6.45) is 22.5. The SMILES string of the molecule is CCCC1C=CC(C2CCC(C3CCC(COc4ccc(C)cc4)CC3)CC2)CC1. The van der Waals surface area contributed by atoms with E-state index in [1.165, 1.54) is 82.6 Å². The molecule has 0 spiro atoms. The molecule has 2 unspecified atom stereocenters. The Morgan fingerprint density at radius 1 is 0.733 bits per heavy atom. The highest BCUT2D eigenvalue weighted by molar-refractivity contribution is 5.26. The van der Waals surface area contributed by atoms with E-state index in [0.717, 1.165) is 47.9 Å². The molecule has 0 aliphatic heterocycles. The molecule has 1 aromatic rings. The van der Waals surface area contributed by atoms with Gasteiger partial charge in [0.25, 0.3) is 0 Å². The summed E-state index contributed by atoms with van der Waals surface area (Å²) in [5, 5.41) is 0. The largest absolute Gasteiger partial charge is 0.493 e. The smallest absolute Gasteiger partial charge is 0.119 e. The van der Waals surface area contributed by atoms with E-state index in [2.05, 4.69) is 50.3 Å². The Morgan fingerprint density at radius 2 is 1.37 bits per heavy atom. The molecule has 0 amide bonds. The van der Waals surface area contributed by atoms with Gasteiger partial charge in [0, 0.05) is 0 Å². The first-order valence-electron chi connectivity index (χ1n) is 13.1. The monoisotopic (exact) mass is 408 g/mol. The summed E-state index contributed by atoms with van der Waals surface area (Å²) >= 11 is 0. The maximum atomic E-state index is 6.08. The van der Waals surface area contributed by atoms with Gasteiger partial charge in [0.05, 0.1) is 6.61 Å². The van der Waals surface area contributed by atoms with Gasteiger partial charge in [-0.3, -0.25) is 0 Å². The second kappa shape index (κ2) is 10.9. The lowest BCUT2D eigenvalue weighted by atomic mass is 9.66. The van der Waals surface area contributed by atoms with Crippen LogP contribution in [-0.2, 0) is 0 Å². The molecule has 0 N–H and O–H groups in total. The lowest BCUT2D eigenvalue weighted by Crippen LogP contribution is -2.29. The summed E-state index contributed by atoms with van der Waals surface area (Å²) in [5.74, 6) is 6.58. The second-order valence-electron chi connectivity index (χ2n) is 10.8. The van der Waals surface area contributed by atoms with Crippen LogP contribution in [0.15, 0.2) is 36.4 Å². The molecule has 1 nitrogen and oxygen atoms in total. The maximum Gasteiger partial charge on any atom is 0.119 e. The average molecular weight is 409 g/mol. The van der Waals surface area contributed by atoms with E-state index in [0.29, 0.717) is 0 Å². The molecule has 3 aliphatic carbocycles. The second-order valence-corrected chi connectivity index (χ2v) is 10.8. The molecule has 1 aromatic carbocycles. The third kappa shape index (κ3) is 5.92. The fraction of sp³-hybridized carbons (Fsp3) is 0.724. The van der Waals surface area contributed by atoms with Gasteiger partial charge in [-0.2, -0.15) is 0 Å². The van der Waals surface area contributed by atoms with Gasteiger partial charge in [0.1, 0.15) is 5.75 Å². The van der Waals surface area contributed by atoms with Crippen LogP contribution in [0.2, 0.25) is 0 Å². The minimum absolute atomic E-state index is 0.766. The van der Waals surface area contributed by atoms with Crippen LogP contribution in [0.4, 0.5) is 0 Å². The zero-order valence-corrected chi connectivity index (χ0v) is 19.5. The highest BCUT2D eigenvalue weighted by atomic mass is 16.5. The predicted molar refractivity (Wildman–Crippen MR) is 128 cm³/mol. The van der Waals surface area contributed by atoms with Crippen LogP contribution in [0.3, 0.4) is 0 Å². The van der Waals surface area contributed by atoms with Crippen LogP contribution in [0, 0.1) is 42.4 Å². The van der Waals surface area contributed by atoms with E-state index in [-0.39, 0.29) is 0 Å². The van der Waals surface area contributed by atoms with Gasteiger partial charge in [-0.1, -0.05) is 43.2 Å². The third-order valence-electron chi connectivity index (χ3n) is 8.65. The van der Waals surface area contributed by atoms with Crippen LogP contribution >= 0.6 is 0 Å². The summed E-state index contributed by atoms with van der Waals surface area (Å²) in [5.41, 5.74) is 1.30. The van der Waals surface area contributed by atoms with Crippen molar-refractivity contribution in [2.24, 2.45) is 35.5 Å². The minimum Gasteiger partial charge on any atom is -0.493 e. The Bertz CT molecular complexity index is 643. The van der Waals surface area contributed by atoms with Gasteiger partial charge >= 0.3 is 0 Å². The average Bonchev–Trinajstić information content (AvgIpc) is 2.80. The molecule has 0 radical (unpaired) electrons. The third-order valence-corrected chi connectivity index (χ3v) is 8.65. The van der Waals surface area contributed by atoms with E-state index < -0.39 is 0 Å². The highest BCUT2D eigenvalue weighted by Gasteiger charge is 2.33. The normalized spacial score (nSPS) is 34.6. The van der Waals surface area contributed by atoms with Crippen LogP contribution < -0.4 is 4.74 Å². The van der Waals surface area contributed by atoms with Crippen molar-refractivity contribution in [1.82, 2.24) is 0 Å². The van der Waals surface area contributed by atoms with Crippen molar-refractivity contribution in [2.75, 3.05) is 6.61 Å². The molecule has 30 heavy (non-hydrogen) atoms. The number of hydrogen-bond donors (Lipinski definition) is 0. The van der Waals surface area contributed by atoms with Crippen LogP contribution in [0.5, 0.6) is 5.75 Å². The molecule has 2 atom stereocenters. The van der Waals surface area contributed by atoms with E-state index >= 15 is 0 Å². The molecule has 2 saturated carbocycles. The maximum absolute atomic E-state index is 6.08. The first-order chi connectivity index (χ1) is 14.7. The molecule has 2 fully saturated rings. The Morgan fingerprint density at radius 3 is 1.97 bits per heavy atom. The van der Waals surface area contributed by atoms with E-state index in [1.54, 1.807) is 0 Å².